The molecule has 0 aliphatic heterocycles. The maximum atomic E-state index is 12.9. The molecule has 0 fully saturated rings. The topological polar surface area (TPSA) is 82.6 Å². The van der Waals surface area contributed by atoms with Gasteiger partial charge in [0.2, 0.25) is 10.0 Å². The van der Waals surface area contributed by atoms with Gasteiger partial charge < -0.3 is 10.6 Å². The number of benzene rings is 2. The molecule has 8 heteroatoms. The number of rotatable bonds is 8. The first-order chi connectivity index (χ1) is 13.3. The van der Waals surface area contributed by atoms with Crippen molar-refractivity contribution in [3.63, 3.8) is 0 Å². The zero-order chi connectivity index (χ0) is 20.6. The lowest BCUT2D eigenvalue weighted by Crippen LogP contribution is -2.36. The molecule has 0 spiro atoms. The van der Waals surface area contributed by atoms with Crippen molar-refractivity contribution >= 4 is 16.0 Å². The summed E-state index contributed by atoms with van der Waals surface area (Å²) in [6.07, 6.45) is 0. The lowest BCUT2D eigenvalue weighted by molar-refractivity contribution is 0.569. The highest BCUT2D eigenvalue weighted by Gasteiger charge is 2.12. The minimum absolute atomic E-state index is 0.0419. The van der Waals surface area contributed by atoms with Crippen molar-refractivity contribution in [2.75, 3.05) is 7.05 Å². The molecule has 2 aromatic carbocycles. The van der Waals surface area contributed by atoms with Gasteiger partial charge in [-0.25, -0.2) is 17.5 Å². The second-order valence-corrected chi connectivity index (χ2v) is 8.51. The molecule has 0 aliphatic rings. The van der Waals surface area contributed by atoms with Gasteiger partial charge in [0.05, 0.1) is 5.75 Å². The van der Waals surface area contributed by atoms with Gasteiger partial charge >= 0.3 is 0 Å². The monoisotopic (exact) mass is 406 g/mol. The van der Waals surface area contributed by atoms with E-state index < -0.39 is 10.0 Å². The van der Waals surface area contributed by atoms with E-state index in [1.54, 1.807) is 33.0 Å². The Balaban J connectivity index is 1.85. The van der Waals surface area contributed by atoms with E-state index in [9.17, 15) is 12.8 Å². The first-order valence-corrected chi connectivity index (χ1v) is 10.7. The molecular weight excluding hydrogens is 379 g/mol. The average molecular weight is 407 g/mol. The number of halogens is 1. The molecule has 0 unspecified atom stereocenters. The second kappa shape index (κ2) is 10.2. The quantitative estimate of drug-likeness (QED) is 0.465. The van der Waals surface area contributed by atoms with Crippen LogP contribution >= 0.6 is 0 Å². The lowest BCUT2D eigenvalue weighted by atomic mass is 10.1. The highest BCUT2D eigenvalue weighted by atomic mass is 32.2. The Morgan fingerprint density at radius 1 is 0.929 bits per heavy atom. The summed E-state index contributed by atoms with van der Waals surface area (Å²) in [6.45, 7) is 4.66. The van der Waals surface area contributed by atoms with Crippen LogP contribution in [0, 0.1) is 5.82 Å². The third-order valence-corrected chi connectivity index (χ3v) is 5.40. The molecule has 0 heterocycles. The van der Waals surface area contributed by atoms with Crippen molar-refractivity contribution < 1.29 is 12.8 Å². The molecule has 152 valence electrons. The minimum atomic E-state index is -3.33. The Hall–Kier alpha value is -2.45. The Morgan fingerprint density at radius 3 is 1.86 bits per heavy atom. The van der Waals surface area contributed by atoms with Crippen LogP contribution in [0.15, 0.2) is 53.5 Å². The number of aliphatic imine (C=N–C) groups is 1. The van der Waals surface area contributed by atoms with Crippen LogP contribution in [0.3, 0.4) is 0 Å². The van der Waals surface area contributed by atoms with Gasteiger partial charge in [0.15, 0.2) is 5.96 Å². The summed E-state index contributed by atoms with van der Waals surface area (Å²) in [5.74, 6) is 0.319. The molecular formula is C20H27FN4O2S. The van der Waals surface area contributed by atoms with Crippen LogP contribution < -0.4 is 15.4 Å². The van der Waals surface area contributed by atoms with E-state index in [4.69, 9.17) is 0 Å². The van der Waals surface area contributed by atoms with Gasteiger partial charge in [0, 0.05) is 26.2 Å². The van der Waals surface area contributed by atoms with Gasteiger partial charge in [-0.05, 0) is 42.7 Å². The third kappa shape index (κ3) is 7.66. The largest absolute Gasteiger partial charge is 0.352 e. The highest BCUT2D eigenvalue weighted by molar-refractivity contribution is 7.88. The van der Waals surface area contributed by atoms with Crippen LogP contribution in [0.1, 0.15) is 30.5 Å². The summed E-state index contributed by atoms with van der Waals surface area (Å²) in [5.41, 5.74) is 2.68. The Kier molecular flexibility index (Phi) is 7.95. The van der Waals surface area contributed by atoms with Crippen molar-refractivity contribution in [2.45, 2.75) is 38.7 Å². The summed E-state index contributed by atoms with van der Waals surface area (Å²) < 4.78 is 39.5. The van der Waals surface area contributed by atoms with Crippen molar-refractivity contribution in [1.29, 1.82) is 0 Å². The molecule has 0 bridgehead atoms. The van der Waals surface area contributed by atoms with E-state index in [0.717, 1.165) is 16.7 Å². The third-order valence-electron chi connectivity index (χ3n) is 3.85. The zero-order valence-electron chi connectivity index (χ0n) is 16.4. The first kappa shape index (κ1) is 21.8. The van der Waals surface area contributed by atoms with Crippen LogP contribution in [0.2, 0.25) is 0 Å². The van der Waals surface area contributed by atoms with Crippen LogP contribution in [0.25, 0.3) is 0 Å². The molecule has 0 aromatic heterocycles. The molecule has 0 saturated carbocycles. The molecule has 2 aromatic rings. The second-order valence-electron chi connectivity index (χ2n) is 6.75. The molecule has 28 heavy (non-hydrogen) atoms. The molecule has 0 radical (unpaired) electrons. The molecule has 0 saturated heterocycles. The van der Waals surface area contributed by atoms with Crippen LogP contribution in [-0.2, 0) is 28.9 Å². The molecule has 2 rings (SSSR count). The van der Waals surface area contributed by atoms with Gasteiger partial charge in [-0.1, -0.05) is 36.4 Å². The number of hydrogen-bond donors (Lipinski definition) is 3. The number of hydrogen-bond acceptors (Lipinski definition) is 3. The summed E-state index contributed by atoms with van der Waals surface area (Å²) in [5, 5.41) is 6.36. The SMILES string of the molecule is CN=C(NCc1ccc(F)cc1)NCc1ccc(CS(=O)(=O)NC(C)C)cc1. The van der Waals surface area contributed by atoms with Gasteiger partial charge in [0.1, 0.15) is 5.82 Å². The van der Waals surface area contributed by atoms with E-state index in [0.29, 0.717) is 19.0 Å². The Bertz CT molecular complexity index is 879. The van der Waals surface area contributed by atoms with E-state index in [2.05, 4.69) is 20.3 Å². The Morgan fingerprint density at radius 2 is 1.39 bits per heavy atom. The molecule has 6 nitrogen and oxygen atoms in total. The summed E-state index contributed by atoms with van der Waals surface area (Å²) in [7, 11) is -1.65. The average Bonchev–Trinajstić information content (AvgIpc) is 2.63. The standard InChI is InChI=1S/C20H27FN4O2S/c1-15(2)25-28(26,27)14-18-6-4-16(5-7-18)12-23-20(22-3)24-13-17-8-10-19(21)11-9-17/h4-11,15,25H,12-14H2,1-3H3,(H2,22,23,24). The van der Waals surface area contributed by atoms with E-state index in [-0.39, 0.29) is 17.6 Å². The van der Waals surface area contributed by atoms with Gasteiger partial charge in [-0.15, -0.1) is 0 Å². The fraction of sp³-hybridized carbons (Fsp3) is 0.350. The van der Waals surface area contributed by atoms with Gasteiger partial charge in [-0.3, -0.25) is 4.99 Å². The Labute approximate surface area is 166 Å². The molecule has 0 atom stereocenters. The molecule has 3 N–H and O–H groups in total. The fourth-order valence-electron chi connectivity index (χ4n) is 2.57. The number of guanidine groups is 1. The molecule has 0 amide bonds. The van der Waals surface area contributed by atoms with E-state index in [1.807, 2.05) is 24.3 Å². The minimum Gasteiger partial charge on any atom is -0.352 e. The van der Waals surface area contributed by atoms with Gasteiger partial charge in [0.25, 0.3) is 0 Å². The van der Waals surface area contributed by atoms with Crippen molar-refractivity contribution in [1.82, 2.24) is 15.4 Å². The lowest BCUT2D eigenvalue weighted by Gasteiger charge is -2.13. The number of nitrogens with one attached hydrogen (secondary N) is 3. The van der Waals surface area contributed by atoms with Crippen LogP contribution in [0.4, 0.5) is 4.39 Å². The van der Waals surface area contributed by atoms with Crippen molar-refractivity contribution in [2.24, 2.45) is 4.99 Å². The highest BCUT2D eigenvalue weighted by Crippen LogP contribution is 2.08. The summed E-state index contributed by atoms with van der Waals surface area (Å²) in [6, 6.07) is 13.6. The number of sulfonamides is 1. The normalized spacial score (nSPS) is 12.2. The number of nitrogens with zero attached hydrogens (tertiary/aromatic N) is 1. The fourth-order valence-corrected chi connectivity index (χ4v) is 4.00. The summed E-state index contributed by atoms with van der Waals surface area (Å²) in [4.78, 5) is 4.16. The maximum Gasteiger partial charge on any atom is 0.216 e. The van der Waals surface area contributed by atoms with E-state index >= 15 is 0 Å². The predicted octanol–water partition coefficient (Wildman–Crippen LogP) is 2.52. The smallest absolute Gasteiger partial charge is 0.216 e. The van der Waals surface area contributed by atoms with Gasteiger partial charge in [-0.2, -0.15) is 0 Å². The van der Waals surface area contributed by atoms with Crippen molar-refractivity contribution in [3.05, 3.63) is 71.0 Å². The van der Waals surface area contributed by atoms with Crippen LogP contribution in [-0.4, -0.2) is 27.5 Å². The zero-order valence-corrected chi connectivity index (χ0v) is 17.2. The molecule has 0 aliphatic carbocycles. The maximum absolute atomic E-state index is 12.9. The predicted molar refractivity (Wildman–Crippen MR) is 111 cm³/mol. The summed E-state index contributed by atoms with van der Waals surface area (Å²) >= 11 is 0. The van der Waals surface area contributed by atoms with Crippen molar-refractivity contribution in [3.8, 4) is 0 Å². The first-order valence-electron chi connectivity index (χ1n) is 9.04. The van der Waals surface area contributed by atoms with Crippen LogP contribution in [0.5, 0.6) is 0 Å². The van der Waals surface area contributed by atoms with E-state index in [1.165, 1.54) is 12.1 Å².